The van der Waals surface area contributed by atoms with Crippen LogP contribution < -0.4 is 0 Å². The number of ether oxygens (including phenoxy) is 2. The largest absolute Gasteiger partial charge is 0.469 e. The molecule has 1 aromatic heterocycles. The molecule has 3 aliphatic heterocycles. The van der Waals surface area contributed by atoms with Gasteiger partial charge in [-0.1, -0.05) is 12.2 Å². The Morgan fingerprint density at radius 1 is 1.57 bits per heavy atom. The first kappa shape index (κ1) is 12.6. The summed E-state index contributed by atoms with van der Waals surface area (Å²) >= 11 is 0. The molecule has 6 heteroatoms. The first-order valence-electron chi connectivity index (χ1n) is 6.91. The first-order chi connectivity index (χ1) is 10.1. The number of hydrogen-bond donors (Lipinski definition) is 0. The number of likely N-dealkylation sites (tertiary alicyclic amines) is 1. The van der Waals surface area contributed by atoms with Gasteiger partial charge in [0.05, 0.1) is 38.5 Å². The van der Waals surface area contributed by atoms with Crippen LogP contribution in [0, 0.1) is 11.8 Å². The zero-order valence-corrected chi connectivity index (χ0v) is 11.5. The highest BCUT2D eigenvalue weighted by Crippen LogP contribution is 2.52. The third-order valence-electron chi connectivity index (χ3n) is 4.58. The lowest BCUT2D eigenvalue weighted by Crippen LogP contribution is -2.39. The monoisotopic (exact) mass is 289 g/mol. The van der Waals surface area contributed by atoms with Crippen molar-refractivity contribution in [1.82, 2.24) is 4.90 Å². The van der Waals surface area contributed by atoms with Crippen molar-refractivity contribution in [2.75, 3.05) is 13.7 Å². The molecule has 4 rings (SSSR count). The molecule has 1 amide bonds. The molecule has 21 heavy (non-hydrogen) atoms. The van der Waals surface area contributed by atoms with Gasteiger partial charge in [-0.05, 0) is 12.1 Å². The summed E-state index contributed by atoms with van der Waals surface area (Å²) in [7, 11) is 1.34. The maximum absolute atomic E-state index is 12.7. The molecule has 2 saturated heterocycles. The van der Waals surface area contributed by atoms with Gasteiger partial charge < -0.3 is 18.8 Å². The minimum atomic E-state index is -0.687. The van der Waals surface area contributed by atoms with E-state index in [-0.39, 0.29) is 18.0 Å². The van der Waals surface area contributed by atoms with Crippen molar-refractivity contribution in [2.45, 2.75) is 18.2 Å². The Labute approximate surface area is 121 Å². The first-order valence-corrected chi connectivity index (χ1v) is 6.91. The molecule has 0 aromatic carbocycles. The van der Waals surface area contributed by atoms with E-state index in [0.29, 0.717) is 18.8 Å². The van der Waals surface area contributed by atoms with Gasteiger partial charge >= 0.3 is 5.97 Å². The van der Waals surface area contributed by atoms with Crippen LogP contribution in [0.5, 0.6) is 0 Å². The zero-order chi connectivity index (χ0) is 14.6. The number of esters is 1. The zero-order valence-electron chi connectivity index (χ0n) is 11.5. The van der Waals surface area contributed by atoms with E-state index in [2.05, 4.69) is 0 Å². The molecule has 0 unspecified atom stereocenters. The number of methoxy groups -OCH3 is 1. The predicted octanol–water partition coefficient (Wildman–Crippen LogP) is 0.735. The van der Waals surface area contributed by atoms with Crippen LogP contribution in [0.4, 0.5) is 0 Å². The fourth-order valence-electron chi connectivity index (χ4n) is 3.71. The van der Waals surface area contributed by atoms with Crippen molar-refractivity contribution in [1.29, 1.82) is 0 Å². The lowest BCUT2D eigenvalue weighted by atomic mass is 9.77. The van der Waals surface area contributed by atoms with Gasteiger partial charge in [-0.3, -0.25) is 9.59 Å². The number of carbonyl (C=O) groups is 2. The Balaban J connectivity index is 1.64. The van der Waals surface area contributed by atoms with Crippen molar-refractivity contribution < 1.29 is 23.5 Å². The molecule has 6 nitrogen and oxygen atoms in total. The van der Waals surface area contributed by atoms with Gasteiger partial charge in [0.15, 0.2) is 0 Å². The number of nitrogens with zero attached hydrogens (tertiary/aromatic N) is 1. The molecule has 1 aromatic rings. The van der Waals surface area contributed by atoms with Crippen molar-refractivity contribution >= 4 is 11.9 Å². The summed E-state index contributed by atoms with van der Waals surface area (Å²) in [5.41, 5.74) is -0.687. The molecule has 0 radical (unpaired) electrons. The average Bonchev–Trinajstić information content (AvgIpc) is 3.22. The topological polar surface area (TPSA) is 69.0 Å². The molecule has 0 aliphatic carbocycles. The van der Waals surface area contributed by atoms with Gasteiger partial charge in [-0.2, -0.15) is 0 Å². The molecule has 4 heterocycles. The molecule has 3 aliphatic rings. The summed E-state index contributed by atoms with van der Waals surface area (Å²) in [5, 5.41) is 0. The van der Waals surface area contributed by atoms with Gasteiger partial charge in [0.1, 0.15) is 17.3 Å². The molecule has 0 saturated carbocycles. The van der Waals surface area contributed by atoms with Crippen LogP contribution in [0.3, 0.4) is 0 Å². The summed E-state index contributed by atoms with van der Waals surface area (Å²) in [4.78, 5) is 26.4. The molecular formula is C15H15NO5. The quantitative estimate of drug-likeness (QED) is 0.606. The SMILES string of the molecule is COC(=O)[C@@H]1[C@@H]2C=C[C@@]3(CN(Cc4ccco4)C(=O)[C@H]13)O2. The van der Waals surface area contributed by atoms with Crippen molar-refractivity contribution in [2.24, 2.45) is 11.8 Å². The minimum absolute atomic E-state index is 0.0753. The van der Waals surface area contributed by atoms with E-state index in [1.54, 1.807) is 17.2 Å². The van der Waals surface area contributed by atoms with Crippen LogP contribution in [-0.2, 0) is 25.6 Å². The van der Waals surface area contributed by atoms with Crippen LogP contribution in [0.1, 0.15) is 5.76 Å². The Morgan fingerprint density at radius 2 is 2.43 bits per heavy atom. The van der Waals surface area contributed by atoms with Gasteiger partial charge in [0.25, 0.3) is 0 Å². The fraction of sp³-hybridized carbons (Fsp3) is 0.467. The summed E-state index contributed by atoms with van der Waals surface area (Å²) < 4.78 is 16.1. The number of amides is 1. The number of fused-ring (bicyclic) bond motifs is 1. The van der Waals surface area contributed by atoms with Crippen molar-refractivity contribution in [3.05, 3.63) is 36.3 Å². The van der Waals surface area contributed by atoms with Gasteiger partial charge in [0, 0.05) is 0 Å². The smallest absolute Gasteiger partial charge is 0.312 e. The van der Waals surface area contributed by atoms with E-state index in [4.69, 9.17) is 13.9 Å². The van der Waals surface area contributed by atoms with E-state index in [9.17, 15) is 9.59 Å². The molecule has 2 fully saturated rings. The summed E-state index contributed by atoms with van der Waals surface area (Å²) in [5.74, 6) is -0.782. The van der Waals surface area contributed by atoms with Crippen LogP contribution in [-0.4, -0.2) is 42.1 Å². The maximum atomic E-state index is 12.7. The molecule has 110 valence electrons. The second-order valence-electron chi connectivity index (χ2n) is 5.70. The van der Waals surface area contributed by atoms with Crippen molar-refractivity contribution in [3.8, 4) is 0 Å². The normalized spacial score (nSPS) is 36.3. The van der Waals surface area contributed by atoms with E-state index in [1.165, 1.54) is 7.11 Å². The highest BCUT2D eigenvalue weighted by molar-refractivity contribution is 5.91. The highest BCUT2D eigenvalue weighted by Gasteiger charge is 2.67. The van der Waals surface area contributed by atoms with E-state index >= 15 is 0 Å². The molecule has 4 atom stereocenters. The standard InChI is InChI=1S/C15H15NO5/c1-19-14(18)11-10-4-5-15(21-10)8-16(13(17)12(11)15)7-9-3-2-6-20-9/h2-6,10-12H,7-8H2,1H3/t10-,11+,12-,15-/m0/s1. The van der Waals surface area contributed by atoms with E-state index < -0.39 is 17.4 Å². The molecule has 1 spiro atoms. The number of hydrogen-bond acceptors (Lipinski definition) is 5. The minimum Gasteiger partial charge on any atom is -0.469 e. The van der Waals surface area contributed by atoms with Crippen LogP contribution in [0.15, 0.2) is 35.0 Å². The Bertz CT molecular complexity index is 622. The average molecular weight is 289 g/mol. The Morgan fingerprint density at radius 3 is 3.14 bits per heavy atom. The van der Waals surface area contributed by atoms with E-state index in [1.807, 2.05) is 18.2 Å². The van der Waals surface area contributed by atoms with Crippen LogP contribution >= 0.6 is 0 Å². The Hall–Kier alpha value is -2.08. The summed E-state index contributed by atoms with van der Waals surface area (Å²) in [6.45, 7) is 0.831. The highest BCUT2D eigenvalue weighted by atomic mass is 16.5. The van der Waals surface area contributed by atoms with Gasteiger partial charge in [-0.15, -0.1) is 0 Å². The van der Waals surface area contributed by atoms with Gasteiger partial charge in [-0.25, -0.2) is 0 Å². The number of carbonyl (C=O) groups excluding carboxylic acids is 2. The molecule has 2 bridgehead atoms. The third kappa shape index (κ3) is 1.62. The lowest BCUT2D eigenvalue weighted by molar-refractivity contribution is -0.151. The lowest BCUT2D eigenvalue weighted by Gasteiger charge is -2.22. The summed E-state index contributed by atoms with van der Waals surface area (Å²) in [6.07, 6.45) is 5.01. The number of furan rings is 1. The van der Waals surface area contributed by atoms with Crippen molar-refractivity contribution in [3.63, 3.8) is 0 Å². The molecule has 0 N–H and O–H groups in total. The molecular weight excluding hydrogens is 274 g/mol. The summed E-state index contributed by atoms with van der Waals surface area (Å²) in [6, 6.07) is 3.61. The number of rotatable bonds is 3. The van der Waals surface area contributed by atoms with Crippen LogP contribution in [0.25, 0.3) is 0 Å². The van der Waals surface area contributed by atoms with Crippen LogP contribution in [0.2, 0.25) is 0 Å². The second-order valence-corrected chi connectivity index (χ2v) is 5.70. The fourth-order valence-corrected chi connectivity index (χ4v) is 3.71. The van der Waals surface area contributed by atoms with Gasteiger partial charge in [0.2, 0.25) is 5.91 Å². The predicted molar refractivity (Wildman–Crippen MR) is 69.9 cm³/mol. The Kier molecular flexibility index (Phi) is 2.53. The maximum Gasteiger partial charge on any atom is 0.312 e. The third-order valence-corrected chi connectivity index (χ3v) is 4.58. The second kappa shape index (κ2) is 4.21. The van der Waals surface area contributed by atoms with E-state index in [0.717, 1.165) is 0 Å².